The molecule has 1 heterocycles. The smallest absolute Gasteiger partial charge is 0.383 e. The zero-order valence-corrected chi connectivity index (χ0v) is 6.64. The lowest BCUT2D eigenvalue weighted by atomic mass is 10.6. The molecule has 0 aromatic carbocycles. The van der Waals surface area contributed by atoms with Crippen molar-refractivity contribution in [2.75, 3.05) is 13.7 Å². The van der Waals surface area contributed by atoms with Crippen molar-refractivity contribution < 1.29 is 9.66 Å². The molecule has 1 aromatic rings. The molecule has 0 atom stereocenters. The van der Waals surface area contributed by atoms with E-state index in [0.29, 0.717) is 13.2 Å². The molecule has 6 heteroatoms. The number of nitro groups is 1. The van der Waals surface area contributed by atoms with Crippen molar-refractivity contribution in [2.24, 2.45) is 0 Å². The maximum Gasteiger partial charge on any atom is 0.389 e. The lowest BCUT2D eigenvalue weighted by Crippen LogP contribution is -2.04. The lowest BCUT2D eigenvalue weighted by molar-refractivity contribution is -0.389. The van der Waals surface area contributed by atoms with Crippen LogP contribution in [0.1, 0.15) is 0 Å². The van der Waals surface area contributed by atoms with Crippen LogP contribution < -0.4 is 0 Å². The van der Waals surface area contributed by atoms with Gasteiger partial charge in [0.1, 0.15) is 0 Å². The molecule has 0 aliphatic carbocycles. The van der Waals surface area contributed by atoms with E-state index in [9.17, 15) is 10.1 Å². The minimum Gasteiger partial charge on any atom is -0.383 e. The molecule has 1 aromatic heterocycles. The van der Waals surface area contributed by atoms with Crippen molar-refractivity contribution in [1.82, 2.24) is 9.78 Å². The molecular weight excluding hydrogens is 162 g/mol. The largest absolute Gasteiger partial charge is 0.389 e. The summed E-state index contributed by atoms with van der Waals surface area (Å²) in [5.41, 5.74) is 0. The average Bonchev–Trinajstić information content (AvgIpc) is 2.48. The molecule has 0 amide bonds. The Morgan fingerprint density at radius 3 is 3.08 bits per heavy atom. The highest BCUT2D eigenvalue weighted by Crippen LogP contribution is 2.04. The average molecular weight is 171 g/mol. The molecule has 0 unspecified atom stereocenters. The molecule has 0 aliphatic heterocycles. The molecule has 0 spiro atoms. The minimum atomic E-state index is -0.525. The summed E-state index contributed by atoms with van der Waals surface area (Å²) < 4.78 is 6.26. The molecule has 1 rings (SSSR count). The summed E-state index contributed by atoms with van der Waals surface area (Å²) in [5.74, 6) is -0.133. The van der Waals surface area contributed by atoms with Crippen LogP contribution >= 0.6 is 0 Å². The monoisotopic (exact) mass is 171 g/mol. The summed E-state index contributed by atoms with van der Waals surface area (Å²) >= 11 is 0. The van der Waals surface area contributed by atoms with Gasteiger partial charge in [0.25, 0.3) is 0 Å². The van der Waals surface area contributed by atoms with Crippen LogP contribution in [0, 0.1) is 10.1 Å². The highest BCUT2D eigenvalue weighted by molar-refractivity contribution is 5.13. The Bertz CT molecular complexity index is 271. The van der Waals surface area contributed by atoms with E-state index in [0.717, 1.165) is 0 Å². The van der Waals surface area contributed by atoms with Crippen LogP contribution in [-0.2, 0) is 11.3 Å². The molecule has 0 N–H and O–H groups in total. The third-order valence-electron chi connectivity index (χ3n) is 1.34. The van der Waals surface area contributed by atoms with Gasteiger partial charge < -0.3 is 14.9 Å². The number of aromatic nitrogens is 2. The molecule has 12 heavy (non-hydrogen) atoms. The summed E-state index contributed by atoms with van der Waals surface area (Å²) in [5, 5.41) is 13.9. The first-order chi connectivity index (χ1) is 5.74. The normalized spacial score (nSPS) is 10.1. The Kier molecular flexibility index (Phi) is 2.76. The van der Waals surface area contributed by atoms with Crippen molar-refractivity contribution in [3.05, 3.63) is 22.4 Å². The van der Waals surface area contributed by atoms with Crippen LogP contribution in [0.4, 0.5) is 5.82 Å². The van der Waals surface area contributed by atoms with E-state index in [-0.39, 0.29) is 5.82 Å². The van der Waals surface area contributed by atoms with Crippen LogP contribution in [-0.4, -0.2) is 28.4 Å². The molecule has 0 fully saturated rings. The zero-order chi connectivity index (χ0) is 8.97. The van der Waals surface area contributed by atoms with E-state index >= 15 is 0 Å². The fourth-order valence-electron chi connectivity index (χ4n) is 0.758. The maximum absolute atomic E-state index is 10.2. The molecule has 0 saturated heterocycles. The van der Waals surface area contributed by atoms with Gasteiger partial charge in [-0.3, -0.25) is 0 Å². The van der Waals surface area contributed by atoms with Crippen molar-refractivity contribution in [1.29, 1.82) is 0 Å². The van der Waals surface area contributed by atoms with Gasteiger partial charge in [-0.1, -0.05) is 0 Å². The highest BCUT2D eigenvalue weighted by atomic mass is 16.6. The van der Waals surface area contributed by atoms with Crippen molar-refractivity contribution in [3.63, 3.8) is 0 Å². The molecule has 0 aliphatic rings. The summed E-state index contributed by atoms with van der Waals surface area (Å²) in [6.45, 7) is 1.03. The summed E-state index contributed by atoms with van der Waals surface area (Å²) in [7, 11) is 1.57. The Balaban J connectivity index is 2.58. The maximum atomic E-state index is 10.2. The number of hydrogen-bond donors (Lipinski definition) is 0. The van der Waals surface area contributed by atoms with E-state index in [1.54, 1.807) is 13.3 Å². The van der Waals surface area contributed by atoms with Crippen molar-refractivity contribution in [2.45, 2.75) is 6.54 Å². The number of nitrogens with zero attached hydrogens (tertiary/aromatic N) is 3. The lowest BCUT2D eigenvalue weighted by Gasteiger charge is -1.93. The van der Waals surface area contributed by atoms with Crippen LogP contribution in [0.3, 0.4) is 0 Å². The Hall–Kier alpha value is -1.43. The van der Waals surface area contributed by atoms with Gasteiger partial charge in [0.15, 0.2) is 0 Å². The molecule has 66 valence electrons. The standard InChI is InChI=1S/C6H9N3O3/c1-12-5-4-8-3-2-6(7-8)9(10)11/h2-3H,4-5H2,1H3. The SMILES string of the molecule is COCCn1ccc([N+](=O)[O-])n1. The summed E-state index contributed by atoms with van der Waals surface area (Å²) in [6.07, 6.45) is 1.55. The van der Waals surface area contributed by atoms with Gasteiger partial charge in [0.2, 0.25) is 0 Å². The van der Waals surface area contributed by atoms with Gasteiger partial charge in [0, 0.05) is 7.11 Å². The predicted molar refractivity (Wildman–Crippen MR) is 40.8 cm³/mol. The highest BCUT2D eigenvalue weighted by Gasteiger charge is 2.09. The number of hydrogen-bond acceptors (Lipinski definition) is 4. The molecule has 6 nitrogen and oxygen atoms in total. The number of methoxy groups -OCH3 is 1. The minimum absolute atomic E-state index is 0.133. The second-order valence-electron chi connectivity index (χ2n) is 2.19. The van der Waals surface area contributed by atoms with E-state index in [4.69, 9.17) is 4.74 Å². The van der Waals surface area contributed by atoms with Crippen LogP contribution in [0.5, 0.6) is 0 Å². The van der Waals surface area contributed by atoms with Gasteiger partial charge in [0.05, 0.1) is 30.5 Å². The molecular formula is C6H9N3O3. The van der Waals surface area contributed by atoms with Crippen molar-refractivity contribution in [3.8, 4) is 0 Å². The fraction of sp³-hybridized carbons (Fsp3) is 0.500. The third-order valence-corrected chi connectivity index (χ3v) is 1.34. The predicted octanol–water partition coefficient (Wildman–Crippen LogP) is 0.438. The Morgan fingerprint density at radius 2 is 2.58 bits per heavy atom. The van der Waals surface area contributed by atoms with Gasteiger partial charge >= 0.3 is 5.82 Å². The van der Waals surface area contributed by atoms with E-state index in [1.807, 2.05) is 0 Å². The summed E-state index contributed by atoms with van der Waals surface area (Å²) in [4.78, 5) is 9.66. The first-order valence-corrected chi connectivity index (χ1v) is 3.41. The van der Waals surface area contributed by atoms with Gasteiger partial charge in [-0.05, 0) is 4.92 Å². The van der Waals surface area contributed by atoms with Crippen LogP contribution in [0.15, 0.2) is 12.3 Å². The Labute approximate surface area is 68.9 Å². The van der Waals surface area contributed by atoms with Gasteiger partial charge in [-0.2, -0.15) is 4.68 Å². The Morgan fingerprint density at radius 1 is 1.83 bits per heavy atom. The first kappa shape index (κ1) is 8.66. The molecule has 0 bridgehead atoms. The molecule has 0 saturated carbocycles. The second-order valence-corrected chi connectivity index (χ2v) is 2.19. The summed E-state index contributed by atoms with van der Waals surface area (Å²) in [6, 6.07) is 1.36. The zero-order valence-electron chi connectivity index (χ0n) is 6.64. The topological polar surface area (TPSA) is 70.2 Å². The van der Waals surface area contributed by atoms with E-state index < -0.39 is 4.92 Å². The third kappa shape index (κ3) is 2.03. The first-order valence-electron chi connectivity index (χ1n) is 3.41. The number of ether oxygens (including phenoxy) is 1. The van der Waals surface area contributed by atoms with Gasteiger partial charge in [-0.15, -0.1) is 0 Å². The van der Waals surface area contributed by atoms with Gasteiger partial charge in [-0.25, -0.2) is 0 Å². The van der Waals surface area contributed by atoms with Crippen LogP contribution in [0.25, 0.3) is 0 Å². The molecule has 0 radical (unpaired) electrons. The van der Waals surface area contributed by atoms with E-state index in [2.05, 4.69) is 5.10 Å². The van der Waals surface area contributed by atoms with Crippen LogP contribution in [0.2, 0.25) is 0 Å². The van der Waals surface area contributed by atoms with E-state index in [1.165, 1.54) is 10.7 Å². The van der Waals surface area contributed by atoms with Crippen molar-refractivity contribution >= 4 is 5.82 Å². The quantitative estimate of drug-likeness (QED) is 0.486. The second kappa shape index (κ2) is 3.82. The fourth-order valence-corrected chi connectivity index (χ4v) is 0.758. The number of rotatable bonds is 4.